The van der Waals surface area contributed by atoms with Crippen LogP contribution in [0.4, 0.5) is 13.2 Å². The lowest BCUT2D eigenvalue weighted by Crippen LogP contribution is -2.29. The van der Waals surface area contributed by atoms with Gasteiger partial charge in [0.1, 0.15) is 5.75 Å². The van der Waals surface area contributed by atoms with Crippen LogP contribution in [0.2, 0.25) is 0 Å². The number of ether oxygens (including phenoxy) is 2. The Morgan fingerprint density at radius 1 is 1.33 bits per heavy atom. The molecule has 0 heterocycles. The molecule has 0 bridgehead atoms. The second-order valence-electron chi connectivity index (χ2n) is 4.25. The molecular formula is C15H17F3O3. The molecule has 0 saturated heterocycles. The van der Waals surface area contributed by atoms with Crippen molar-refractivity contribution in [3.8, 4) is 5.75 Å². The van der Waals surface area contributed by atoms with Gasteiger partial charge in [0.25, 0.3) is 0 Å². The van der Waals surface area contributed by atoms with Gasteiger partial charge in [0, 0.05) is 0 Å². The highest BCUT2D eigenvalue weighted by Crippen LogP contribution is 2.30. The molecule has 6 heteroatoms. The third-order valence-electron chi connectivity index (χ3n) is 2.64. The van der Waals surface area contributed by atoms with E-state index < -0.39 is 23.8 Å². The maximum Gasteiger partial charge on any atom is 0.416 e. The van der Waals surface area contributed by atoms with E-state index in [1.54, 1.807) is 13.0 Å². The molecule has 0 fully saturated rings. The Kier molecular flexibility index (Phi) is 6.27. The predicted octanol–water partition coefficient (Wildman–Crippen LogP) is 3.98. The number of hydrogen-bond acceptors (Lipinski definition) is 3. The Morgan fingerprint density at radius 3 is 2.43 bits per heavy atom. The fraction of sp³-hybridized carbons (Fsp3) is 0.400. The largest absolute Gasteiger partial charge is 0.479 e. The van der Waals surface area contributed by atoms with Crippen LogP contribution in [-0.4, -0.2) is 18.7 Å². The number of allylic oxidation sites excluding steroid dienone is 1. The van der Waals surface area contributed by atoms with Gasteiger partial charge in [0.05, 0.1) is 12.2 Å². The normalized spacial score (nSPS) is 12.6. The van der Waals surface area contributed by atoms with Crippen LogP contribution in [0.15, 0.2) is 36.9 Å². The van der Waals surface area contributed by atoms with Gasteiger partial charge in [-0.15, -0.1) is 6.58 Å². The molecular weight excluding hydrogens is 285 g/mol. The molecule has 21 heavy (non-hydrogen) atoms. The van der Waals surface area contributed by atoms with Crippen LogP contribution < -0.4 is 4.74 Å². The molecule has 0 aromatic heterocycles. The molecule has 0 radical (unpaired) electrons. The maximum absolute atomic E-state index is 12.5. The number of benzene rings is 1. The molecule has 0 amide bonds. The highest BCUT2D eigenvalue weighted by atomic mass is 19.4. The van der Waals surface area contributed by atoms with E-state index in [1.165, 1.54) is 12.1 Å². The van der Waals surface area contributed by atoms with Crippen LogP contribution in [0, 0.1) is 0 Å². The summed E-state index contributed by atoms with van der Waals surface area (Å²) in [6, 6.07) is 4.18. The lowest BCUT2D eigenvalue weighted by molar-refractivity contribution is -0.151. The zero-order valence-electron chi connectivity index (χ0n) is 11.7. The summed E-state index contributed by atoms with van der Waals surface area (Å²) >= 11 is 0. The number of esters is 1. The molecule has 3 nitrogen and oxygen atoms in total. The summed E-state index contributed by atoms with van der Waals surface area (Å²) in [7, 11) is 0. The van der Waals surface area contributed by atoms with Crippen LogP contribution >= 0.6 is 0 Å². The molecule has 0 aliphatic carbocycles. The minimum atomic E-state index is -4.40. The van der Waals surface area contributed by atoms with Crippen molar-refractivity contribution in [3.05, 3.63) is 42.5 Å². The van der Waals surface area contributed by atoms with Crippen LogP contribution in [-0.2, 0) is 15.7 Å². The Morgan fingerprint density at radius 2 is 1.95 bits per heavy atom. The summed E-state index contributed by atoms with van der Waals surface area (Å²) in [5.41, 5.74) is -0.770. The van der Waals surface area contributed by atoms with E-state index in [0.717, 1.165) is 12.1 Å². The number of alkyl halides is 3. The molecule has 0 saturated carbocycles. The van der Waals surface area contributed by atoms with Crippen LogP contribution in [0.25, 0.3) is 0 Å². The molecule has 116 valence electrons. The molecule has 1 atom stereocenters. The van der Waals surface area contributed by atoms with Crippen molar-refractivity contribution in [1.82, 2.24) is 0 Å². The zero-order valence-corrected chi connectivity index (χ0v) is 11.7. The molecule has 0 spiro atoms. The molecule has 0 aliphatic rings. The van der Waals surface area contributed by atoms with Crippen molar-refractivity contribution in [1.29, 1.82) is 0 Å². The quantitative estimate of drug-likeness (QED) is 0.564. The van der Waals surface area contributed by atoms with Gasteiger partial charge in [0.2, 0.25) is 0 Å². The smallest absolute Gasteiger partial charge is 0.416 e. The minimum absolute atomic E-state index is 0.185. The van der Waals surface area contributed by atoms with Gasteiger partial charge in [-0.2, -0.15) is 13.2 Å². The first-order chi connectivity index (χ1) is 9.88. The first-order valence-corrected chi connectivity index (χ1v) is 6.50. The van der Waals surface area contributed by atoms with Crippen molar-refractivity contribution in [3.63, 3.8) is 0 Å². The molecule has 1 rings (SSSR count). The van der Waals surface area contributed by atoms with Crippen LogP contribution in [0.5, 0.6) is 5.75 Å². The summed E-state index contributed by atoms with van der Waals surface area (Å²) in [6.45, 7) is 5.43. The Balaban J connectivity index is 2.78. The SMILES string of the molecule is C=CCCC(Oc1ccc(C(F)(F)F)cc1)C(=O)OCC. The lowest BCUT2D eigenvalue weighted by atomic mass is 10.2. The summed E-state index contributed by atoms with van der Waals surface area (Å²) in [5.74, 6) is -0.357. The maximum atomic E-state index is 12.5. The van der Waals surface area contributed by atoms with Crippen molar-refractivity contribution in [2.45, 2.75) is 32.0 Å². The minimum Gasteiger partial charge on any atom is -0.479 e. The average molecular weight is 302 g/mol. The third kappa shape index (κ3) is 5.49. The van der Waals surface area contributed by atoms with Gasteiger partial charge in [0.15, 0.2) is 6.10 Å². The molecule has 1 unspecified atom stereocenters. The molecule has 0 N–H and O–H groups in total. The highest BCUT2D eigenvalue weighted by molar-refractivity contribution is 5.75. The lowest BCUT2D eigenvalue weighted by Gasteiger charge is -2.17. The van der Waals surface area contributed by atoms with E-state index >= 15 is 0 Å². The number of carbonyl (C=O) groups is 1. The first kappa shape index (κ1) is 17.1. The third-order valence-corrected chi connectivity index (χ3v) is 2.64. The van der Waals surface area contributed by atoms with E-state index in [0.29, 0.717) is 12.8 Å². The second kappa shape index (κ2) is 7.71. The van der Waals surface area contributed by atoms with Crippen molar-refractivity contribution < 1.29 is 27.4 Å². The fourth-order valence-corrected chi connectivity index (χ4v) is 1.62. The van der Waals surface area contributed by atoms with Gasteiger partial charge >= 0.3 is 12.1 Å². The predicted molar refractivity (Wildman–Crippen MR) is 71.9 cm³/mol. The van der Waals surface area contributed by atoms with Gasteiger partial charge in [-0.3, -0.25) is 0 Å². The second-order valence-corrected chi connectivity index (χ2v) is 4.25. The average Bonchev–Trinajstić information content (AvgIpc) is 2.43. The highest BCUT2D eigenvalue weighted by Gasteiger charge is 2.30. The number of carbonyl (C=O) groups excluding carboxylic acids is 1. The van der Waals surface area contributed by atoms with Crippen LogP contribution in [0.1, 0.15) is 25.3 Å². The van der Waals surface area contributed by atoms with Gasteiger partial charge in [-0.1, -0.05) is 6.08 Å². The standard InChI is InChI=1S/C15H17F3O3/c1-3-5-6-13(14(19)20-4-2)21-12-9-7-11(8-10-12)15(16,17)18/h3,7-10,13H,1,4-6H2,2H3. The van der Waals surface area contributed by atoms with Gasteiger partial charge in [-0.25, -0.2) is 4.79 Å². The van der Waals surface area contributed by atoms with Crippen LogP contribution in [0.3, 0.4) is 0 Å². The van der Waals surface area contributed by atoms with E-state index in [1.807, 2.05) is 0 Å². The van der Waals surface area contributed by atoms with E-state index in [2.05, 4.69) is 6.58 Å². The first-order valence-electron chi connectivity index (χ1n) is 6.50. The topological polar surface area (TPSA) is 35.5 Å². The number of halogens is 3. The van der Waals surface area contributed by atoms with Gasteiger partial charge in [-0.05, 0) is 44.0 Å². The molecule has 1 aromatic rings. The van der Waals surface area contributed by atoms with E-state index in [4.69, 9.17) is 9.47 Å². The summed E-state index contributed by atoms with van der Waals surface area (Å²) < 4.78 is 47.6. The Labute approximate surface area is 121 Å². The Hall–Kier alpha value is -1.98. The number of rotatable bonds is 7. The van der Waals surface area contributed by atoms with Gasteiger partial charge < -0.3 is 9.47 Å². The summed E-state index contributed by atoms with van der Waals surface area (Å²) in [6.07, 6.45) is -2.75. The van der Waals surface area contributed by atoms with E-state index in [9.17, 15) is 18.0 Å². The summed E-state index contributed by atoms with van der Waals surface area (Å²) in [5, 5.41) is 0. The zero-order chi connectivity index (χ0) is 15.9. The summed E-state index contributed by atoms with van der Waals surface area (Å²) in [4.78, 5) is 11.7. The molecule has 0 aliphatic heterocycles. The molecule has 1 aromatic carbocycles. The fourth-order valence-electron chi connectivity index (χ4n) is 1.62. The van der Waals surface area contributed by atoms with Crippen molar-refractivity contribution in [2.75, 3.05) is 6.61 Å². The number of hydrogen-bond donors (Lipinski definition) is 0. The van der Waals surface area contributed by atoms with E-state index in [-0.39, 0.29) is 12.4 Å². The Bertz CT molecular complexity index is 466. The monoisotopic (exact) mass is 302 g/mol. The van der Waals surface area contributed by atoms with Crippen molar-refractivity contribution in [2.24, 2.45) is 0 Å². The van der Waals surface area contributed by atoms with Crippen molar-refractivity contribution >= 4 is 5.97 Å².